The van der Waals surface area contributed by atoms with Crippen molar-refractivity contribution in [2.24, 2.45) is 7.05 Å². The standard InChI is InChI=1S/C16H20N2O4/c1-11-9-13(18(2)17-11)16(19)22-8-7-12-5-6-14(20-3)15(10-12)21-4/h5-6,9-10H,7-8H2,1-4H3. The number of aromatic nitrogens is 2. The van der Waals surface area contributed by atoms with E-state index < -0.39 is 0 Å². The number of ether oxygens (including phenoxy) is 3. The molecule has 2 aromatic rings. The smallest absolute Gasteiger partial charge is 0.356 e. The van der Waals surface area contributed by atoms with E-state index in [1.165, 1.54) is 4.68 Å². The Morgan fingerprint density at radius 2 is 1.91 bits per heavy atom. The summed E-state index contributed by atoms with van der Waals surface area (Å²) >= 11 is 0. The van der Waals surface area contributed by atoms with Gasteiger partial charge in [-0.2, -0.15) is 5.10 Å². The van der Waals surface area contributed by atoms with Crippen LogP contribution in [0.3, 0.4) is 0 Å². The minimum absolute atomic E-state index is 0.290. The van der Waals surface area contributed by atoms with Gasteiger partial charge in [0.2, 0.25) is 0 Å². The maximum atomic E-state index is 12.0. The molecule has 22 heavy (non-hydrogen) atoms. The van der Waals surface area contributed by atoms with Crippen LogP contribution in [0.15, 0.2) is 24.3 Å². The lowest BCUT2D eigenvalue weighted by Gasteiger charge is -2.10. The lowest BCUT2D eigenvalue weighted by atomic mass is 10.1. The molecule has 1 heterocycles. The van der Waals surface area contributed by atoms with Gasteiger partial charge < -0.3 is 14.2 Å². The first-order valence-electron chi connectivity index (χ1n) is 6.94. The van der Waals surface area contributed by atoms with Crippen molar-refractivity contribution in [2.75, 3.05) is 20.8 Å². The van der Waals surface area contributed by atoms with Crippen LogP contribution in [0, 0.1) is 6.92 Å². The second kappa shape index (κ2) is 6.98. The van der Waals surface area contributed by atoms with Crippen molar-refractivity contribution >= 4 is 5.97 Å². The Labute approximate surface area is 129 Å². The molecule has 0 radical (unpaired) electrons. The minimum Gasteiger partial charge on any atom is -0.493 e. The summed E-state index contributed by atoms with van der Waals surface area (Å²) in [6.45, 7) is 2.12. The Kier molecular flexibility index (Phi) is 5.04. The summed E-state index contributed by atoms with van der Waals surface area (Å²) in [7, 11) is 4.90. The van der Waals surface area contributed by atoms with Crippen molar-refractivity contribution in [2.45, 2.75) is 13.3 Å². The summed E-state index contributed by atoms with van der Waals surface area (Å²) < 4.78 is 17.2. The van der Waals surface area contributed by atoms with E-state index in [2.05, 4.69) is 5.10 Å². The monoisotopic (exact) mass is 304 g/mol. The number of benzene rings is 1. The fourth-order valence-corrected chi connectivity index (χ4v) is 2.17. The van der Waals surface area contributed by atoms with Crippen molar-refractivity contribution in [3.8, 4) is 11.5 Å². The normalized spacial score (nSPS) is 10.4. The van der Waals surface area contributed by atoms with Crippen molar-refractivity contribution in [3.05, 3.63) is 41.2 Å². The number of esters is 1. The molecule has 0 saturated carbocycles. The lowest BCUT2D eigenvalue weighted by molar-refractivity contribution is 0.0496. The van der Waals surface area contributed by atoms with E-state index in [0.717, 1.165) is 11.3 Å². The molecule has 0 aliphatic heterocycles. The van der Waals surface area contributed by atoms with E-state index in [9.17, 15) is 4.79 Å². The van der Waals surface area contributed by atoms with Gasteiger partial charge in [0.1, 0.15) is 5.69 Å². The predicted octanol–water partition coefficient (Wildman–Crippen LogP) is 2.15. The van der Waals surface area contributed by atoms with Crippen molar-refractivity contribution in [3.63, 3.8) is 0 Å². The average Bonchev–Trinajstić information content (AvgIpc) is 2.85. The van der Waals surface area contributed by atoms with E-state index in [1.807, 2.05) is 25.1 Å². The van der Waals surface area contributed by atoms with Gasteiger partial charge in [0, 0.05) is 13.5 Å². The third-order valence-corrected chi connectivity index (χ3v) is 3.28. The van der Waals surface area contributed by atoms with E-state index in [0.29, 0.717) is 30.2 Å². The Morgan fingerprint density at radius 3 is 2.50 bits per heavy atom. The number of rotatable bonds is 6. The van der Waals surface area contributed by atoms with Gasteiger partial charge in [-0.25, -0.2) is 4.79 Å². The van der Waals surface area contributed by atoms with Crippen molar-refractivity contribution in [1.29, 1.82) is 0 Å². The van der Waals surface area contributed by atoms with E-state index in [1.54, 1.807) is 27.3 Å². The first kappa shape index (κ1) is 15.9. The summed E-state index contributed by atoms with van der Waals surface area (Å²) in [5.41, 5.74) is 2.24. The van der Waals surface area contributed by atoms with Crippen molar-refractivity contribution in [1.82, 2.24) is 9.78 Å². The summed E-state index contributed by atoms with van der Waals surface area (Å²) in [6.07, 6.45) is 0.600. The molecule has 0 bridgehead atoms. The largest absolute Gasteiger partial charge is 0.493 e. The lowest BCUT2D eigenvalue weighted by Crippen LogP contribution is -2.12. The van der Waals surface area contributed by atoms with Gasteiger partial charge >= 0.3 is 5.97 Å². The second-order valence-electron chi connectivity index (χ2n) is 4.87. The van der Waals surface area contributed by atoms with E-state index in [4.69, 9.17) is 14.2 Å². The molecular formula is C16H20N2O4. The molecule has 0 N–H and O–H groups in total. The predicted molar refractivity (Wildman–Crippen MR) is 81.5 cm³/mol. The average molecular weight is 304 g/mol. The van der Waals surface area contributed by atoms with Gasteiger partial charge in [-0.1, -0.05) is 6.07 Å². The molecule has 0 unspecified atom stereocenters. The van der Waals surface area contributed by atoms with Gasteiger partial charge in [0.15, 0.2) is 11.5 Å². The Bertz CT molecular complexity index is 664. The maximum Gasteiger partial charge on any atom is 0.356 e. The summed E-state index contributed by atoms with van der Waals surface area (Å²) in [5, 5.41) is 4.13. The van der Waals surface area contributed by atoms with Crippen LogP contribution in [0.4, 0.5) is 0 Å². The Hall–Kier alpha value is -2.50. The summed E-state index contributed by atoms with van der Waals surface area (Å²) in [6, 6.07) is 7.34. The highest BCUT2D eigenvalue weighted by atomic mass is 16.5. The van der Waals surface area contributed by atoms with Crippen LogP contribution in [-0.4, -0.2) is 36.6 Å². The Morgan fingerprint density at radius 1 is 1.18 bits per heavy atom. The molecule has 0 atom stereocenters. The number of hydrogen-bond acceptors (Lipinski definition) is 5. The van der Waals surface area contributed by atoms with Crippen LogP contribution in [0.25, 0.3) is 0 Å². The van der Waals surface area contributed by atoms with Gasteiger partial charge in [0.25, 0.3) is 0 Å². The number of carbonyl (C=O) groups excluding carboxylic acids is 1. The molecule has 118 valence electrons. The maximum absolute atomic E-state index is 12.0. The number of aryl methyl sites for hydroxylation is 2. The minimum atomic E-state index is -0.372. The topological polar surface area (TPSA) is 62.6 Å². The van der Waals surface area contributed by atoms with E-state index in [-0.39, 0.29) is 5.97 Å². The molecule has 0 spiro atoms. The zero-order valence-electron chi connectivity index (χ0n) is 13.3. The third kappa shape index (κ3) is 3.58. The van der Waals surface area contributed by atoms with Crippen LogP contribution >= 0.6 is 0 Å². The molecule has 6 nitrogen and oxygen atoms in total. The third-order valence-electron chi connectivity index (χ3n) is 3.28. The van der Waals surface area contributed by atoms with Crippen LogP contribution in [-0.2, 0) is 18.2 Å². The first-order valence-corrected chi connectivity index (χ1v) is 6.94. The fourth-order valence-electron chi connectivity index (χ4n) is 2.17. The zero-order valence-corrected chi connectivity index (χ0v) is 13.3. The van der Waals surface area contributed by atoms with Crippen LogP contribution < -0.4 is 9.47 Å². The highest BCUT2D eigenvalue weighted by Gasteiger charge is 2.13. The van der Waals surface area contributed by atoms with Gasteiger partial charge in [-0.05, 0) is 30.7 Å². The van der Waals surface area contributed by atoms with Crippen molar-refractivity contribution < 1.29 is 19.0 Å². The SMILES string of the molecule is COc1ccc(CCOC(=O)c2cc(C)nn2C)cc1OC. The Balaban J connectivity index is 1.93. The first-order chi connectivity index (χ1) is 10.5. The molecule has 1 aromatic carbocycles. The van der Waals surface area contributed by atoms with Crippen LogP contribution in [0.5, 0.6) is 11.5 Å². The second-order valence-corrected chi connectivity index (χ2v) is 4.87. The molecule has 0 amide bonds. The number of carbonyl (C=O) groups is 1. The number of nitrogens with zero attached hydrogens (tertiary/aromatic N) is 2. The highest BCUT2D eigenvalue weighted by molar-refractivity contribution is 5.87. The summed E-state index contributed by atoms with van der Waals surface area (Å²) in [5.74, 6) is 0.964. The van der Waals surface area contributed by atoms with Crippen LogP contribution in [0.2, 0.25) is 0 Å². The molecule has 0 aliphatic rings. The summed E-state index contributed by atoms with van der Waals surface area (Å²) in [4.78, 5) is 12.0. The fraction of sp³-hybridized carbons (Fsp3) is 0.375. The van der Waals surface area contributed by atoms with Crippen LogP contribution in [0.1, 0.15) is 21.7 Å². The molecule has 1 aromatic heterocycles. The van der Waals surface area contributed by atoms with E-state index >= 15 is 0 Å². The molecule has 2 rings (SSSR count). The molecule has 0 aliphatic carbocycles. The number of hydrogen-bond donors (Lipinski definition) is 0. The zero-order chi connectivity index (χ0) is 16.1. The molecule has 0 fully saturated rings. The van der Waals surface area contributed by atoms with Gasteiger partial charge in [-0.3, -0.25) is 4.68 Å². The van der Waals surface area contributed by atoms with Gasteiger partial charge in [0.05, 0.1) is 26.5 Å². The molecule has 0 saturated heterocycles. The molecular weight excluding hydrogens is 284 g/mol. The van der Waals surface area contributed by atoms with Gasteiger partial charge in [-0.15, -0.1) is 0 Å². The number of methoxy groups -OCH3 is 2. The molecule has 6 heteroatoms. The quantitative estimate of drug-likeness (QED) is 0.765. The highest BCUT2D eigenvalue weighted by Crippen LogP contribution is 2.27.